The third-order valence-electron chi connectivity index (χ3n) is 2.38. The van der Waals surface area contributed by atoms with Crippen LogP contribution in [-0.2, 0) is 9.59 Å². The molecular formula is C12H20O4S. The van der Waals surface area contributed by atoms with E-state index in [4.69, 9.17) is 10.2 Å². The lowest BCUT2D eigenvalue weighted by atomic mass is 10.0. The van der Waals surface area contributed by atoms with Gasteiger partial charge in [0, 0.05) is 12.8 Å². The maximum Gasteiger partial charge on any atom is 0.303 e. The molecule has 0 aliphatic heterocycles. The smallest absolute Gasteiger partial charge is 0.303 e. The van der Waals surface area contributed by atoms with Crippen molar-refractivity contribution in [3.63, 3.8) is 0 Å². The first-order valence-corrected chi connectivity index (χ1v) is 6.40. The number of allylic oxidation sites excluding steroid dienone is 2. The molecule has 0 aromatic heterocycles. The number of carboxylic acid groups (broad SMARTS) is 2. The van der Waals surface area contributed by atoms with Crippen LogP contribution in [0.2, 0.25) is 0 Å². The molecule has 98 valence electrons. The Hall–Kier alpha value is -0.970. The molecule has 0 heterocycles. The Bertz CT molecular complexity index is 263. The van der Waals surface area contributed by atoms with Gasteiger partial charge in [0.2, 0.25) is 0 Å². The Morgan fingerprint density at radius 3 is 2.29 bits per heavy atom. The third-order valence-corrected chi connectivity index (χ3v) is 2.85. The summed E-state index contributed by atoms with van der Waals surface area (Å²) in [5.41, 5.74) is 0. The highest BCUT2D eigenvalue weighted by Gasteiger charge is 2.03. The minimum Gasteiger partial charge on any atom is -0.481 e. The number of thiol groups is 1. The molecule has 2 N–H and O–H groups in total. The molecule has 1 atom stereocenters. The van der Waals surface area contributed by atoms with Crippen LogP contribution in [0.4, 0.5) is 0 Å². The molecule has 17 heavy (non-hydrogen) atoms. The minimum atomic E-state index is -0.793. The lowest BCUT2D eigenvalue weighted by Crippen LogP contribution is -2.00. The first-order chi connectivity index (χ1) is 8.06. The SMILES string of the molecule is O=C(O)CC/C=C/C(CS)CCCCC(=O)O. The van der Waals surface area contributed by atoms with Crippen LogP contribution in [0.5, 0.6) is 0 Å². The van der Waals surface area contributed by atoms with E-state index < -0.39 is 11.9 Å². The molecule has 0 aliphatic carbocycles. The lowest BCUT2D eigenvalue weighted by Gasteiger charge is -2.08. The second kappa shape index (κ2) is 10.2. The number of hydrogen-bond acceptors (Lipinski definition) is 3. The molecule has 0 bridgehead atoms. The van der Waals surface area contributed by atoms with Gasteiger partial charge in [0.15, 0.2) is 0 Å². The first-order valence-electron chi connectivity index (χ1n) is 5.77. The zero-order valence-electron chi connectivity index (χ0n) is 9.84. The van der Waals surface area contributed by atoms with Crippen LogP contribution in [0.25, 0.3) is 0 Å². The Kier molecular flexibility index (Phi) is 9.62. The minimum absolute atomic E-state index is 0.148. The van der Waals surface area contributed by atoms with Gasteiger partial charge in [-0.2, -0.15) is 12.6 Å². The quantitative estimate of drug-likeness (QED) is 0.320. The molecular weight excluding hydrogens is 240 g/mol. The fourth-order valence-electron chi connectivity index (χ4n) is 1.43. The van der Waals surface area contributed by atoms with E-state index in [0.717, 1.165) is 12.8 Å². The first kappa shape index (κ1) is 16.0. The number of carbonyl (C=O) groups is 2. The van der Waals surface area contributed by atoms with Crippen LogP contribution in [0.15, 0.2) is 12.2 Å². The lowest BCUT2D eigenvalue weighted by molar-refractivity contribution is -0.138. The van der Waals surface area contributed by atoms with Crippen molar-refractivity contribution in [3.8, 4) is 0 Å². The van der Waals surface area contributed by atoms with Gasteiger partial charge in [-0.1, -0.05) is 18.6 Å². The standard InChI is InChI=1S/C12H20O4S/c13-11(14)7-3-1-5-10(9-17)6-2-4-8-12(15)16/h1,5,10,17H,2-4,6-9H2,(H,13,14)(H,15,16)/b5-1+. The zero-order valence-corrected chi connectivity index (χ0v) is 10.7. The van der Waals surface area contributed by atoms with Gasteiger partial charge >= 0.3 is 11.9 Å². The van der Waals surface area contributed by atoms with Crippen molar-refractivity contribution in [2.75, 3.05) is 5.75 Å². The Labute approximate surface area is 107 Å². The molecule has 0 amide bonds. The molecule has 1 unspecified atom stereocenters. The number of carboxylic acids is 2. The number of aliphatic carboxylic acids is 2. The fourth-order valence-corrected chi connectivity index (χ4v) is 1.73. The maximum absolute atomic E-state index is 10.3. The van der Waals surface area contributed by atoms with Crippen LogP contribution in [0.1, 0.15) is 38.5 Å². The van der Waals surface area contributed by atoms with E-state index in [1.54, 1.807) is 0 Å². The fraction of sp³-hybridized carbons (Fsp3) is 0.667. The molecule has 0 radical (unpaired) electrons. The summed E-state index contributed by atoms with van der Waals surface area (Å²) in [5, 5.41) is 16.9. The average Bonchev–Trinajstić information content (AvgIpc) is 2.26. The van der Waals surface area contributed by atoms with E-state index in [2.05, 4.69) is 12.6 Å². The van der Waals surface area contributed by atoms with Gasteiger partial charge in [-0.3, -0.25) is 9.59 Å². The Morgan fingerprint density at radius 2 is 1.76 bits per heavy atom. The van der Waals surface area contributed by atoms with Gasteiger partial charge in [-0.05, 0) is 30.9 Å². The van der Waals surface area contributed by atoms with Crippen LogP contribution >= 0.6 is 12.6 Å². The average molecular weight is 260 g/mol. The van der Waals surface area contributed by atoms with E-state index >= 15 is 0 Å². The summed E-state index contributed by atoms with van der Waals surface area (Å²) in [6, 6.07) is 0. The van der Waals surface area contributed by atoms with Crippen LogP contribution in [-0.4, -0.2) is 27.9 Å². The van der Waals surface area contributed by atoms with Gasteiger partial charge in [-0.25, -0.2) is 0 Å². The van der Waals surface area contributed by atoms with Crippen molar-refractivity contribution < 1.29 is 19.8 Å². The summed E-state index contributed by atoms with van der Waals surface area (Å²) in [7, 11) is 0. The normalized spacial score (nSPS) is 12.8. The van der Waals surface area contributed by atoms with Crippen molar-refractivity contribution in [2.45, 2.75) is 38.5 Å². The molecule has 0 fully saturated rings. The molecule has 4 nitrogen and oxygen atoms in total. The predicted molar refractivity (Wildman–Crippen MR) is 69.5 cm³/mol. The van der Waals surface area contributed by atoms with Gasteiger partial charge in [-0.15, -0.1) is 0 Å². The molecule has 0 saturated carbocycles. The van der Waals surface area contributed by atoms with Crippen molar-refractivity contribution >= 4 is 24.6 Å². The molecule has 0 aromatic rings. The highest BCUT2D eigenvalue weighted by atomic mass is 32.1. The van der Waals surface area contributed by atoms with Crippen molar-refractivity contribution in [2.24, 2.45) is 5.92 Å². The van der Waals surface area contributed by atoms with Gasteiger partial charge in [0.25, 0.3) is 0 Å². The highest BCUT2D eigenvalue weighted by Crippen LogP contribution is 2.13. The van der Waals surface area contributed by atoms with Crippen molar-refractivity contribution in [3.05, 3.63) is 12.2 Å². The summed E-state index contributed by atoms with van der Waals surface area (Å²) in [4.78, 5) is 20.6. The summed E-state index contributed by atoms with van der Waals surface area (Å²) in [5.74, 6) is -0.541. The maximum atomic E-state index is 10.3. The van der Waals surface area contributed by atoms with Gasteiger partial charge < -0.3 is 10.2 Å². The molecule has 0 rings (SSSR count). The highest BCUT2D eigenvalue weighted by molar-refractivity contribution is 7.80. The summed E-state index contributed by atoms with van der Waals surface area (Å²) >= 11 is 4.22. The molecule has 5 heteroatoms. The largest absolute Gasteiger partial charge is 0.481 e. The number of hydrogen-bond donors (Lipinski definition) is 3. The molecule has 0 saturated heterocycles. The Morgan fingerprint density at radius 1 is 1.12 bits per heavy atom. The molecule has 0 aromatic carbocycles. The van der Waals surface area contributed by atoms with E-state index in [1.807, 2.05) is 12.2 Å². The van der Waals surface area contributed by atoms with Crippen LogP contribution in [0, 0.1) is 5.92 Å². The van der Waals surface area contributed by atoms with E-state index in [-0.39, 0.29) is 12.8 Å². The Balaban J connectivity index is 3.68. The zero-order chi connectivity index (χ0) is 13.1. The van der Waals surface area contributed by atoms with Crippen molar-refractivity contribution in [1.82, 2.24) is 0 Å². The van der Waals surface area contributed by atoms with E-state index in [1.165, 1.54) is 0 Å². The van der Waals surface area contributed by atoms with Crippen molar-refractivity contribution in [1.29, 1.82) is 0 Å². The summed E-state index contributed by atoms with van der Waals surface area (Å²) in [6.45, 7) is 0. The van der Waals surface area contributed by atoms with E-state index in [0.29, 0.717) is 24.5 Å². The third kappa shape index (κ3) is 11.3. The van der Waals surface area contributed by atoms with Crippen LogP contribution < -0.4 is 0 Å². The molecule has 0 aliphatic rings. The monoisotopic (exact) mass is 260 g/mol. The van der Waals surface area contributed by atoms with Gasteiger partial charge in [0.1, 0.15) is 0 Å². The van der Waals surface area contributed by atoms with E-state index in [9.17, 15) is 9.59 Å². The second-order valence-corrected chi connectivity index (χ2v) is 4.31. The predicted octanol–water partition coefficient (Wildman–Crippen LogP) is 2.60. The number of unbranched alkanes of at least 4 members (excludes halogenated alkanes) is 1. The topological polar surface area (TPSA) is 74.6 Å². The van der Waals surface area contributed by atoms with Crippen LogP contribution in [0.3, 0.4) is 0 Å². The summed E-state index contributed by atoms with van der Waals surface area (Å²) < 4.78 is 0. The molecule has 0 spiro atoms. The number of rotatable bonds is 10. The second-order valence-electron chi connectivity index (χ2n) is 3.94. The van der Waals surface area contributed by atoms with Gasteiger partial charge in [0.05, 0.1) is 0 Å². The summed E-state index contributed by atoms with van der Waals surface area (Å²) in [6.07, 6.45) is 7.19.